The maximum Gasteiger partial charge on any atom is 0.242 e. The van der Waals surface area contributed by atoms with Crippen LogP contribution in [0.15, 0.2) is 77.3 Å². The standard InChI is InChI=1S/C25H23BrCl2N2O2/c1-29-25(32)23(14-17-7-3-2-4-8-17)30(16-18-9-5-10-19(26)13-18)24(31)15-20-21(27)11-6-12-22(20)28/h2-13,23H,14-16H2,1H3,(H,29,32). The highest BCUT2D eigenvalue weighted by Gasteiger charge is 2.30. The molecule has 4 nitrogen and oxygen atoms in total. The van der Waals surface area contributed by atoms with Crippen molar-refractivity contribution in [1.82, 2.24) is 10.2 Å². The number of rotatable bonds is 8. The molecule has 0 heterocycles. The monoisotopic (exact) mass is 532 g/mol. The van der Waals surface area contributed by atoms with Crippen LogP contribution < -0.4 is 5.32 Å². The first-order valence-corrected chi connectivity index (χ1v) is 11.7. The van der Waals surface area contributed by atoms with Crippen LogP contribution in [0.3, 0.4) is 0 Å². The van der Waals surface area contributed by atoms with Gasteiger partial charge in [-0.3, -0.25) is 9.59 Å². The first kappa shape index (κ1) is 24.3. The summed E-state index contributed by atoms with van der Waals surface area (Å²) in [5, 5.41) is 3.56. The van der Waals surface area contributed by atoms with Crippen molar-refractivity contribution in [2.75, 3.05) is 7.05 Å². The first-order valence-electron chi connectivity index (χ1n) is 10.1. The smallest absolute Gasteiger partial charge is 0.242 e. The minimum Gasteiger partial charge on any atom is -0.357 e. The second-order valence-corrected chi connectivity index (χ2v) is 9.08. The maximum absolute atomic E-state index is 13.6. The molecule has 1 unspecified atom stereocenters. The fourth-order valence-electron chi connectivity index (χ4n) is 3.51. The molecule has 1 N–H and O–H groups in total. The second-order valence-electron chi connectivity index (χ2n) is 7.35. The van der Waals surface area contributed by atoms with E-state index in [0.717, 1.165) is 15.6 Å². The Bertz CT molecular complexity index is 1070. The average Bonchev–Trinajstić information content (AvgIpc) is 2.79. The minimum absolute atomic E-state index is 0.00516. The molecule has 3 rings (SSSR count). The summed E-state index contributed by atoms with van der Waals surface area (Å²) in [6, 6.07) is 21.8. The van der Waals surface area contributed by atoms with Gasteiger partial charge in [0.1, 0.15) is 6.04 Å². The van der Waals surface area contributed by atoms with E-state index in [1.54, 1.807) is 30.1 Å². The summed E-state index contributed by atoms with van der Waals surface area (Å²) in [5.74, 6) is -0.466. The van der Waals surface area contributed by atoms with E-state index in [4.69, 9.17) is 23.2 Å². The molecule has 0 saturated carbocycles. The SMILES string of the molecule is CNC(=O)C(Cc1ccccc1)N(Cc1cccc(Br)c1)C(=O)Cc1c(Cl)cccc1Cl. The minimum atomic E-state index is -0.699. The second kappa shape index (κ2) is 11.5. The molecule has 0 aliphatic rings. The summed E-state index contributed by atoms with van der Waals surface area (Å²) in [4.78, 5) is 28.1. The number of hydrogen-bond donors (Lipinski definition) is 1. The highest BCUT2D eigenvalue weighted by molar-refractivity contribution is 9.10. The summed E-state index contributed by atoms with van der Waals surface area (Å²) in [5.41, 5.74) is 2.42. The molecule has 0 aliphatic carbocycles. The Morgan fingerprint density at radius 2 is 1.56 bits per heavy atom. The Labute approximate surface area is 206 Å². The molecule has 0 bridgehead atoms. The van der Waals surface area contributed by atoms with E-state index in [1.165, 1.54) is 0 Å². The van der Waals surface area contributed by atoms with Crippen LogP contribution in [0, 0.1) is 0 Å². The van der Waals surface area contributed by atoms with Gasteiger partial charge in [-0.1, -0.05) is 87.7 Å². The van der Waals surface area contributed by atoms with Crippen molar-refractivity contribution in [2.45, 2.75) is 25.4 Å². The van der Waals surface area contributed by atoms with Gasteiger partial charge in [0.25, 0.3) is 0 Å². The van der Waals surface area contributed by atoms with Crippen molar-refractivity contribution in [3.63, 3.8) is 0 Å². The van der Waals surface area contributed by atoms with Crippen LogP contribution in [0.25, 0.3) is 0 Å². The zero-order valence-corrected chi connectivity index (χ0v) is 20.6. The summed E-state index contributed by atoms with van der Waals surface area (Å²) < 4.78 is 0.899. The third-order valence-corrected chi connectivity index (χ3v) is 6.35. The molecule has 0 fully saturated rings. The number of likely N-dealkylation sites (N-methyl/N-ethyl adjacent to an activating group) is 1. The number of hydrogen-bond acceptors (Lipinski definition) is 2. The highest BCUT2D eigenvalue weighted by Crippen LogP contribution is 2.26. The van der Waals surface area contributed by atoms with Crippen molar-refractivity contribution in [2.24, 2.45) is 0 Å². The number of nitrogens with zero attached hydrogens (tertiary/aromatic N) is 1. The van der Waals surface area contributed by atoms with Gasteiger partial charge in [0, 0.05) is 34.5 Å². The van der Waals surface area contributed by atoms with Crippen molar-refractivity contribution < 1.29 is 9.59 Å². The molecular weight excluding hydrogens is 511 g/mol. The van der Waals surface area contributed by atoms with E-state index in [-0.39, 0.29) is 24.8 Å². The zero-order chi connectivity index (χ0) is 23.1. The zero-order valence-electron chi connectivity index (χ0n) is 17.5. The van der Waals surface area contributed by atoms with E-state index < -0.39 is 6.04 Å². The van der Waals surface area contributed by atoms with Gasteiger partial charge in [0.05, 0.1) is 6.42 Å². The summed E-state index contributed by atoms with van der Waals surface area (Å²) >= 11 is 16.1. The van der Waals surface area contributed by atoms with Crippen molar-refractivity contribution in [1.29, 1.82) is 0 Å². The predicted octanol–water partition coefficient (Wildman–Crippen LogP) is 5.68. The summed E-state index contributed by atoms with van der Waals surface area (Å²) in [6.07, 6.45) is 0.380. The van der Waals surface area contributed by atoms with E-state index >= 15 is 0 Å². The number of halogens is 3. The van der Waals surface area contributed by atoms with E-state index in [9.17, 15) is 9.59 Å². The fraction of sp³-hybridized carbons (Fsp3) is 0.200. The lowest BCUT2D eigenvalue weighted by Gasteiger charge is -2.31. The van der Waals surface area contributed by atoms with Gasteiger partial charge in [-0.25, -0.2) is 0 Å². The van der Waals surface area contributed by atoms with Crippen LogP contribution >= 0.6 is 39.1 Å². The molecule has 0 aromatic heterocycles. The van der Waals surface area contributed by atoms with Crippen molar-refractivity contribution in [3.05, 3.63) is 104 Å². The Hall–Kier alpha value is -2.34. The quantitative estimate of drug-likeness (QED) is 0.404. The Morgan fingerprint density at radius 1 is 0.938 bits per heavy atom. The number of benzene rings is 3. The molecule has 32 heavy (non-hydrogen) atoms. The predicted molar refractivity (Wildman–Crippen MR) is 133 cm³/mol. The lowest BCUT2D eigenvalue weighted by Crippen LogP contribution is -2.50. The van der Waals surface area contributed by atoms with Crippen molar-refractivity contribution >= 4 is 50.9 Å². The number of amides is 2. The van der Waals surface area contributed by atoms with E-state index in [1.807, 2.05) is 54.6 Å². The van der Waals surface area contributed by atoms with Crippen LogP contribution in [0.1, 0.15) is 16.7 Å². The lowest BCUT2D eigenvalue weighted by atomic mass is 10.0. The van der Waals surface area contributed by atoms with Crippen LogP contribution in [0.5, 0.6) is 0 Å². The molecule has 0 saturated heterocycles. The highest BCUT2D eigenvalue weighted by atomic mass is 79.9. The van der Waals surface area contributed by atoms with Gasteiger partial charge in [-0.15, -0.1) is 0 Å². The Kier molecular flexibility index (Phi) is 8.74. The Balaban J connectivity index is 1.98. The summed E-state index contributed by atoms with van der Waals surface area (Å²) in [7, 11) is 1.58. The normalized spacial score (nSPS) is 11.6. The van der Waals surface area contributed by atoms with Gasteiger partial charge in [0.2, 0.25) is 11.8 Å². The average molecular weight is 534 g/mol. The van der Waals surface area contributed by atoms with Crippen LogP contribution in [0.4, 0.5) is 0 Å². The number of carbonyl (C=O) groups is 2. The third-order valence-electron chi connectivity index (χ3n) is 5.15. The first-order chi connectivity index (χ1) is 15.4. The lowest BCUT2D eigenvalue weighted by molar-refractivity contribution is -0.140. The van der Waals surface area contributed by atoms with E-state index in [0.29, 0.717) is 22.0 Å². The third kappa shape index (κ3) is 6.35. The maximum atomic E-state index is 13.6. The molecule has 1 atom stereocenters. The van der Waals surface area contributed by atoms with Crippen LogP contribution in [-0.2, 0) is 29.0 Å². The largest absolute Gasteiger partial charge is 0.357 e. The molecule has 0 spiro atoms. The molecule has 2 amide bonds. The molecule has 7 heteroatoms. The summed E-state index contributed by atoms with van der Waals surface area (Å²) in [6.45, 7) is 0.269. The fourth-order valence-corrected chi connectivity index (χ4v) is 4.48. The van der Waals surface area contributed by atoms with Crippen LogP contribution in [-0.4, -0.2) is 29.8 Å². The molecule has 0 radical (unpaired) electrons. The van der Waals surface area contributed by atoms with Gasteiger partial charge in [0.15, 0.2) is 0 Å². The van der Waals surface area contributed by atoms with Crippen LogP contribution in [0.2, 0.25) is 10.0 Å². The molecule has 166 valence electrons. The van der Waals surface area contributed by atoms with E-state index in [2.05, 4.69) is 21.2 Å². The van der Waals surface area contributed by atoms with Crippen molar-refractivity contribution in [3.8, 4) is 0 Å². The van der Waals surface area contributed by atoms with Gasteiger partial charge >= 0.3 is 0 Å². The molecule has 3 aromatic carbocycles. The van der Waals surface area contributed by atoms with Gasteiger partial charge < -0.3 is 10.2 Å². The molecular formula is C25H23BrCl2N2O2. The topological polar surface area (TPSA) is 49.4 Å². The number of nitrogens with one attached hydrogen (secondary N) is 1. The number of carbonyl (C=O) groups excluding carboxylic acids is 2. The molecule has 0 aliphatic heterocycles. The Morgan fingerprint density at radius 3 is 2.19 bits per heavy atom. The molecule has 3 aromatic rings. The van der Waals surface area contributed by atoms with Gasteiger partial charge in [-0.05, 0) is 41.0 Å². The van der Waals surface area contributed by atoms with Gasteiger partial charge in [-0.2, -0.15) is 0 Å².